The second-order valence-electron chi connectivity index (χ2n) is 14.8. The van der Waals surface area contributed by atoms with Gasteiger partial charge < -0.3 is 23.4 Å². The largest absolute Gasteiger partial charge is 0.497 e. The number of nitrogens with one attached hydrogen (secondary N) is 1. The minimum absolute atomic E-state index is 0.0588. The number of aliphatic hydroxyl groups is 1. The highest BCUT2D eigenvalue weighted by atomic mass is 28.4. The molecule has 0 amide bonds. The minimum Gasteiger partial charge on any atom is -0.497 e. The average Bonchev–Trinajstić information content (AvgIpc) is 2.92. The normalized spacial score (nSPS) is 15.9. The van der Waals surface area contributed by atoms with Crippen molar-refractivity contribution in [2.75, 3.05) is 20.3 Å². The molecule has 1 aromatic rings. The third-order valence-electron chi connectivity index (χ3n) is 9.33. The summed E-state index contributed by atoms with van der Waals surface area (Å²) in [5, 5.41) is 15.0. The van der Waals surface area contributed by atoms with Crippen LogP contribution in [0.15, 0.2) is 49.6 Å². The molecule has 0 bridgehead atoms. The first-order valence-corrected chi connectivity index (χ1v) is 21.9. The number of aliphatic hydroxyl groups excluding tert-OH is 1. The standard InChI is InChI=1S/C35H65NO5Si2/c1-14-30(32(37)19-18-26-40-42(10,11)34(3,4)5)36-31(15-2)33(41-43(12,13)35(6,7)8)20-16-17-25-39-27-28-21-23-29(38-9)24-22-28/h14-15,21-24,30-33,36-37H,1-2,16-20,25-27H2,3-13H3/t30-,31-,32-,33-/m0/s1. The molecule has 0 unspecified atom stereocenters. The van der Waals surface area contributed by atoms with Crippen molar-refractivity contribution in [2.45, 2.75) is 141 Å². The zero-order valence-electron chi connectivity index (χ0n) is 29.4. The van der Waals surface area contributed by atoms with Crippen molar-refractivity contribution in [3.8, 4) is 5.75 Å². The maximum Gasteiger partial charge on any atom is 0.192 e. The zero-order chi connectivity index (χ0) is 32.9. The Labute approximate surface area is 266 Å². The summed E-state index contributed by atoms with van der Waals surface area (Å²) in [6, 6.07) is 7.60. The number of benzene rings is 1. The summed E-state index contributed by atoms with van der Waals surface area (Å²) in [5.41, 5.74) is 1.14. The fraction of sp³-hybridized carbons (Fsp3) is 0.714. The topological polar surface area (TPSA) is 69.2 Å². The lowest BCUT2D eigenvalue weighted by molar-refractivity contribution is 0.0911. The Bertz CT molecular complexity index is 937. The van der Waals surface area contributed by atoms with Crippen LogP contribution in [-0.4, -0.2) is 66.4 Å². The summed E-state index contributed by atoms with van der Waals surface area (Å²) in [7, 11) is -2.18. The number of hydrogen-bond acceptors (Lipinski definition) is 6. The molecule has 0 fully saturated rings. The van der Waals surface area contributed by atoms with E-state index in [0.717, 1.165) is 37.0 Å². The van der Waals surface area contributed by atoms with Gasteiger partial charge in [-0.05, 0) is 86.1 Å². The van der Waals surface area contributed by atoms with Crippen LogP contribution in [0.5, 0.6) is 5.75 Å². The zero-order valence-corrected chi connectivity index (χ0v) is 31.4. The van der Waals surface area contributed by atoms with Gasteiger partial charge in [-0.2, -0.15) is 0 Å². The van der Waals surface area contributed by atoms with Crippen molar-refractivity contribution in [2.24, 2.45) is 0 Å². The van der Waals surface area contributed by atoms with E-state index in [0.29, 0.717) is 26.2 Å². The summed E-state index contributed by atoms with van der Waals surface area (Å²) in [4.78, 5) is 0. The molecular weight excluding hydrogens is 571 g/mol. The molecule has 6 nitrogen and oxygen atoms in total. The van der Waals surface area contributed by atoms with Gasteiger partial charge in [-0.3, -0.25) is 5.32 Å². The predicted molar refractivity (Wildman–Crippen MR) is 188 cm³/mol. The van der Waals surface area contributed by atoms with Crippen molar-refractivity contribution >= 4 is 16.6 Å². The molecule has 43 heavy (non-hydrogen) atoms. The smallest absolute Gasteiger partial charge is 0.192 e. The van der Waals surface area contributed by atoms with E-state index >= 15 is 0 Å². The molecule has 1 aromatic carbocycles. The highest BCUT2D eigenvalue weighted by molar-refractivity contribution is 6.74. The van der Waals surface area contributed by atoms with Crippen LogP contribution in [0.2, 0.25) is 36.3 Å². The van der Waals surface area contributed by atoms with Crippen LogP contribution < -0.4 is 10.1 Å². The van der Waals surface area contributed by atoms with Crippen molar-refractivity contribution in [3.63, 3.8) is 0 Å². The van der Waals surface area contributed by atoms with Crippen molar-refractivity contribution in [1.29, 1.82) is 0 Å². The van der Waals surface area contributed by atoms with Gasteiger partial charge in [0.1, 0.15) is 5.75 Å². The fourth-order valence-corrected chi connectivity index (χ4v) is 6.69. The molecule has 0 radical (unpaired) electrons. The number of methoxy groups -OCH3 is 1. The fourth-order valence-electron chi connectivity index (χ4n) is 4.23. The molecule has 0 aromatic heterocycles. The van der Waals surface area contributed by atoms with E-state index in [9.17, 15) is 5.11 Å². The van der Waals surface area contributed by atoms with E-state index in [1.165, 1.54) is 0 Å². The molecule has 248 valence electrons. The van der Waals surface area contributed by atoms with Crippen molar-refractivity contribution in [3.05, 3.63) is 55.1 Å². The summed E-state index contributed by atoms with van der Waals surface area (Å²) < 4.78 is 24.5. The molecule has 4 atom stereocenters. The predicted octanol–water partition coefficient (Wildman–Crippen LogP) is 8.63. The van der Waals surface area contributed by atoms with Gasteiger partial charge in [0.25, 0.3) is 0 Å². The Morgan fingerprint density at radius 2 is 1.40 bits per heavy atom. The maximum atomic E-state index is 11.1. The molecule has 0 heterocycles. The molecule has 1 rings (SSSR count). The van der Waals surface area contributed by atoms with Crippen LogP contribution in [-0.2, 0) is 20.2 Å². The lowest BCUT2D eigenvalue weighted by atomic mass is 10.0. The molecule has 2 N–H and O–H groups in total. The monoisotopic (exact) mass is 635 g/mol. The second kappa shape index (κ2) is 18.0. The molecule has 0 saturated carbocycles. The molecule has 0 aliphatic heterocycles. The van der Waals surface area contributed by atoms with Crippen LogP contribution in [0.4, 0.5) is 0 Å². The molecule has 0 aliphatic carbocycles. The van der Waals surface area contributed by atoms with Gasteiger partial charge in [-0.15, -0.1) is 13.2 Å². The van der Waals surface area contributed by atoms with Gasteiger partial charge in [-0.1, -0.05) is 65.8 Å². The van der Waals surface area contributed by atoms with Crippen LogP contribution in [0.25, 0.3) is 0 Å². The van der Waals surface area contributed by atoms with Crippen molar-refractivity contribution in [1.82, 2.24) is 5.32 Å². The van der Waals surface area contributed by atoms with Crippen LogP contribution in [0.1, 0.15) is 79.2 Å². The molecule has 0 spiro atoms. The maximum absolute atomic E-state index is 11.1. The third kappa shape index (κ3) is 13.7. The SMILES string of the molecule is C=C[C@H](N[C@@H](C=C)[C@@H](O)CCCO[Si](C)(C)C(C)(C)C)[C@H](CCCCOCc1ccc(OC)cc1)O[Si](C)(C)C(C)(C)C. The Hall–Kier alpha value is -1.27. The first-order chi connectivity index (χ1) is 19.9. The quantitative estimate of drug-likeness (QED) is 0.0801. The van der Waals surface area contributed by atoms with E-state index in [-0.39, 0.29) is 28.3 Å². The summed E-state index contributed by atoms with van der Waals surface area (Å²) >= 11 is 0. The molecule has 8 heteroatoms. The van der Waals surface area contributed by atoms with E-state index in [4.69, 9.17) is 18.3 Å². The lowest BCUT2D eigenvalue weighted by Gasteiger charge is -2.42. The van der Waals surface area contributed by atoms with Crippen molar-refractivity contribution < 1.29 is 23.4 Å². The second-order valence-corrected chi connectivity index (χ2v) is 24.4. The third-order valence-corrected chi connectivity index (χ3v) is 18.4. The number of hydrogen-bond donors (Lipinski definition) is 2. The summed E-state index contributed by atoms with van der Waals surface area (Å²) in [6.45, 7) is 32.8. The molecular formula is C35H65NO5Si2. The highest BCUT2D eigenvalue weighted by Crippen LogP contribution is 2.39. The number of unbranched alkanes of at least 4 members (excludes halogenated alkanes) is 1. The van der Waals surface area contributed by atoms with Gasteiger partial charge >= 0.3 is 0 Å². The van der Waals surface area contributed by atoms with E-state index in [1.54, 1.807) is 7.11 Å². The Morgan fingerprint density at radius 1 is 0.814 bits per heavy atom. The summed E-state index contributed by atoms with van der Waals surface area (Å²) in [6.07, 6.45) is 7.36. The van der Waals surface area contributed by atoms with Gasteiger partial charge in [0.15, 0.2) is 16.6 Å². The number of rotatable bonds is 21. The first-order valence-electron chi connectivity index (χ1n) is 16.1. The summed E-state index contributed by atoms with van der Waals surface area (Å²) in [5.74, 6) is 0.851. The van der Waals surface area contributed by atoms with Gasteiger partial charge in [0.05, 0.1) is 38.0 Å². The average molecular weight is 636 g/mol. The number of ether oxygens (including phenoxy) is 2. The Kier molecular flexibility index (Phi) is 16.7. The van der Waals surface area contributed by atoms with E-state index in [1.807, 2.05) is 36.4 Å². The molecule has 0 aliphatic rings. The van der Waals surface area contributed by atoms with Gasteiger partial charge in [0.2, 0.25) is 0 Å². The van der Waals surface area contributed by atoms with Crippen LogP contribution in [0, 0.1) is 0 Å². The van der Waals surface area contributed by atoms with Crippen LogP contribution in [0.3, 0.4) is 0 Å². The Morgan fingerprint density at radius 3 is 1.91 bits per heavy atom. The van der Waals surface area contributed by atoms with Gasteiger partial charge in [-0.25, -0.2) is 0 Å². The first kappa shape index (κ1) is 39.8. The lowest BCUT2D eigenvalue weighted by Crippen LogP contribution is -2.53. The minimum atomic E-state index is -2.05. The molecule has 0 saturated heterocycles. The van der Waals surface area contributed by atoms with E-state index in [2.05, 4.69) is 86.2 Å². The Balaban J connectivity index is 2.77. The highest BCUT2D eigenvalue weighted by Gasteiger charge is 2.41. The van der Waals surface area contributed by atoms with Gasteiger partial charge in [0, 0.05) is 13.2 Å². The van der Waals surface area contributed by atoms with Crippen LogP contribution >= 0.6 is 0 Å². The van der Waals surface area contributed by atoms with E-state index < -0.39 is 22.7 Å².